The number of likely N-dealkylation sites (tertiary alicyclic amines) is 1. The lowest BCUT2D eigenvalue weighted by Gasteiger charge is -2.26. The molecule has 1 amide bonds. The number of nitrogens with one attached hydrogen (secondary N) is 1. The first-order chi connectivity index (χ1) is 11.2. The number of sulfonamides is 1. The van der Waals surface area contributed by atoms with Crippen LogP contribution in [0.25, 0.3) is 0 Å². The van der Waals surface area contributed by atoms with Gasteiger partial charge in [-0.25, -0.2) is 13.1 Å². The van der Waals surface area contributed by atoms with Crippen molar-refractivity contribution < 1.29 is 13.2 Å². The van der Waals surface area contributed by atoms with Crippen molar-refractivity contribution in [2.24, 2.45) is 13.0 Å². The van der Waals surface area contributed by atoms with E-state index in [1.54, 1.807) is 11.9 Å². The van der Waals surface area contributed by atoms with Gasteiger partial charge in [-0.05, 0) is 20.3 Å². The molecule has 0 bridgehead atoms. The summed E-state index contributed by atoms with van der Waals surface area (Å²) in [6.07, 6.45) is 1.83. The van der Waals surface area contributed by atoms with E-state index in [0.29, 0.717) is 12.8 Å². The molecular weight excluding hydrogens is 328 g/mol. The molecule has 0 aromatic carbocycles. The second kappa shape index (κ2) is 7.23. The molecule has 0 radical (unpaired) electrons. The summed E-state index contributed by atoms with van der Waals surface area (Å²) in [6, 6.07) is -0.139. The minimum Gasteiger partial charge on any atom is -0.338 e. The molecule has 2 rings (SSSR count). The maximum absolute atomic E-state index is 12.2. The van der Waals surface area contributed by atoms with Gasteiger partial charge in [-0.1, -0.05) is 13.3 Å². The Labute approximate surface area is 144 Å². The lowest BCUT2D eigenvalue weighted by molar-refractivity contribution is -0.127. The van der Waals surface area contributed by atoms with Crippen molar-refractivity contribution in [3.8, 4) is 0 Å². The second-order valence-electron chi connectivity index (χ2n) is 6.64. The van der Waals surface area contributed by atoms with Crippen LogP contribution in [0.5, 0.6) is 0 Å². The van der Waals surface area contributed by atoms with E-state index in [9.17, 15) is 13.2 Å². The molecule has 0 spiro atoms. The van der Waals surface area contributed by atoms with Gasteiger partial charge in [0.15, 0.2) is 0 Å². The molecule has 1 aromatic heterocycles. The van der Waals surface area contributed by atoms with Crippen molar-refractivity contribution in [1.29, 1.82) is 0 Å². The van der Waals surface area contributed by atoms with E-state index in [4.69, 9.17) is 0 Å². The van der Waals surface area contributed by atoms with Gasteiger partial charge in [0.05, 0.1) is 17.5 Å². The van der Waals surface area contributed by atoms with E-state index in [-0.39, 0.29) is 30.2 Å². The topological polar surface area (TPSA) is 84.3 Å². The van der Waals surface area contributed by atoms with Crippen LogP contribution in [0.15, 0.2) is 0 Å². The van der Waals surface area contributed by atoms with Gasteiger partial charge >= 0.3 is 0 Å². The van der Waals surface area contributed by atoms with Crippen LogP contribution in [0.3, 0.4) is 0 Å². The van der Waals surface area contributed by atoms with Gasteiger partial charge in [-0.15, -0.1) is 0 Å². The van der Waals surface area contributed by atoms with Crippen LogP contribution in [-0.4, -0.2) is 48.4 Å². The van der Waals surface area contributed by atoms with Gasteiger partial charge in [0, 0.05) is 44.2 Å². The molecule has 2 atom stereocenters. The fourth-order valence-electron chi connectivity index (χ4n) is 3.42. The third-order valence-electron chi connectivity index (χ3n) is 4.89. The summed E-state index contributed by atoms with van der Waals surface area (Å²) in [7, 11) is 0.375. The van der Waals surface area contributed by atoms with Crippen molar-refractivity contribution in [2.45, 2.75) is 46.1 Å². The van der Waals surface area contributed by atoms with Gasteiger partial charge in [-0.3, -0.25) is 9.48 Å². The third-order valence-corrected chi connectivity index (χ3v) is 6.32. The number of nitrogens with zero attached hydrogens (tertiary/aromatic N) is 3. The lowest BCUT2D eigenvalue weighted by atomic mass is 9.92. The minimum absolute atomic E-state index is 0.0420. The first-order valence-corrected chi connectivity index (χ1v) is 10.1. The second-order valence-corrected chi connectivity index (χ2v) is 8.57. The Bertz CT molecular complexity index is 711. The SMILES string of the molecule is CCCCS(=O)(=O)NC[C@@H]1CC(=O)N(C)[C@H]1c1c(C)nn(C)c1C. The highest BCUT2D eigenvalue weighted by Crippen LogP contribution is 2.39. The molecule has 1 aliphatic heterocycles. The number of rotatable bonds is 7. The summed E-state index contributed by atoms with van der Waals surface area (Å²) < 4.78 is 28.6. The molecule has 2 heterocycles. The molecule has 7 nitrogen and oxygen atoms in total. The Morgan fingerprint density at radius 1 is 1.29 bits per heavy atom. The fraction of sp³-hybridized carbons (Fsp3) is 0.750. The fourth-order valence-corrected chi connectivity index (χ4v) is 4.70. The van der Waals surface area contributed by atoms with Gasteiger partial charge in [0.1, 0.15) is 0 Å². The molecule has 0 saturated carbocycles. The molecule has 136 valence electrons. The number of hydrogen-bond donors (Lipinski definition) is 1. The predicted octanol–water partition coefficient (Wildman–Crippen LogP) is 1.28. The quantitative estimate of drug-likeness (QED) is 0.797. The summed E-state index contributed by atoms with van der Waals surface area (Å²) in [5, 5.41) is 4.44. The Morgan fingerprint density at radius 3 is 2.50 bits per heavy atom. The average Bonchev–Trinajstić information content (AvgIpc) is 2.92. The highest BCUT2D eigenvalue weighted by molar-refractivity contribution is 7.89. The monoisotopic (exact) mass is 356 g/mol. The van der Waals surface area contributed by atoms with Crippen molar-refractivity contribution >= 4 is 15.9 Å². The zero-order chi connectivity index (χ0) is 18.1. The predicted molar refractivity (Wildman–Crippen MR) is 93.0 cm³/mol. The number of aromatic nitrogens is 2. The maximum atomic E-state index is 12.2. The Morgan fingerprint density at radius 2 is 1.96 bits per heavy atom. The first-order valence-electron chi connectivity index (χ1n) is 8.41. The Balaban J connectivity index is 2.21. The zero-order valence-electron chi connectivity index (χ0n) is 15.2. The molecule has 1 aromatic rings. The number of carbonyl (C=O) groups excluding carboxylic acids is 1. The van der Waals surface area contributed by atoms with E-state index >= 15 is 0 Å². The Kier molecular flexibility index (Phi) is 5.70. The highest BCUT2D eigenvalue weighted by Gasteiger charge is 2.41. The summed E-state index contributed by atoms with van der Waals surface area (Å²) >= 11 is 0. The number of hydrogen-bond acceptors (Lipinski definition) is 4. The molecule has 1 N–H and O–H groups in total. The lowest BCUT2D eigenvalue weighted by Crippen LogP contribution is -2.34. The third kappa shape index (κ3) is 3.80. The zero-order valence-corrected chi connectivity index (χ0v) is 16.0. The van der Waals surface area contributed by atoms with E-state index in [2.05, 4.69) is 9.82 Å². The molecular formula is C16H28N4O3S. The van der Waals surface area contributed by atoms with Crippen LogP contribution >= 0.6 is 0 Å². The minimum atomic E-state index is -3.29. The maximum Gasteiger partial charge on any atom is 0.223 e. The van der Waals surface area contributed by atoms with Crippen LogP contribution < -0.4 is 4.72 Å². The van der Waals surface area contributed by atoms with E-state index in [1.165, 1.54) is 0 Å². The Hall–Kier alpha value is -1.41. The summed E-state index contributed by atoms with van der Waals surface area (Å²) in [4.78, 5) is 13.9. The van der Waals surface area contributed by atoms with Crippen molar-refractivity contribution in [3.05, 3.63) is 17.0 Å². The average molecular weight is 356 g/mol. The van der Waals surface area contributed by atoms with Crippen molar-refractivity contribution in [1.82, 2.24) is 19.4 Å². The highest BCUT2D eigenvalue weighted by atomic mass is 32.2. The van der Waals surface area contributed by atoms with E-state index < -0.39 is 10.0 Å². The molecule has 1 fully saturated rings. The van der Waals surface area contributed by atoms with Gasteiger partial charge < -0.3 is 4.90 Å². The molecule has 24 heavy (non-hydrogen) atoms. The summed E-state index contributed by atoms with van der Waals surface area (Å²) in [6.45, 7) is 6.15. The van der Waals surface area contributed by atoms with Crippen LogP contribution in [0.1, 0.15) is 49.2 Å². The van der Waals surface area contributed by atoms with Gasteiger partial charge in [-0.2, -0.15) is 5.10 Å². The molecule has 0 unspecified atom stereocenters. The number of unbranched alkanes of at least 4 members (excludes halogenated alkanes) is 1. The largest absolute Gasteiger partial charge is 0.338 e. The smallest absolute Gasteiger partial charge is 0.223 e. The summed E-state index contributed by atoms with van der Waals surface area (Å²) in [5.41, 5.74) is 2.93. The normalized spacial score (nSPS) is 21.7. The molecule has 0 aliphatic carbocycles. The molecule has 1 aliphatic rings. The summed E-state index contributed by atoms with van der Waals surface area (Å²) in [5.74, 6) is 0.0937. The number of carbonyl (C=O) groups is 1. The van der Waals surface area contributed by atoms with Crippen LogP contribution in [0.4, 0.5) is 0 Å². The van der Waals surface area contributed by atoms with E-state index in [0.717, 1.165) is 23.4 Å². The standard InChI is InChI=1S/C16H28N4O3S/c1-6-7-8-24(22,23)17-10-13-9-14(21)19(4)16(13)15-11(2)18-20(5)12(15)3/h13,16-17H,6-10H2,1-5H3/t13-,16+/m0/s1. The molecule has 8 heteroatoms. The van der Waals surface area contributed by atoms with Crippen molar-refractivity contribution in [2.75, 3.05) is 19.3 Å². The molecule has 1 saturated heterocycles. The number of amides is 1. The van der Waals surface area contributed by atoms with Crippen molar-refractivity contribution in [3.63, 3.8) is 0 Å². The van der Waals surface area contributed by atoms with Crippen LogP contribution in [0.2, 0.25) is 0 Å². The van der Waals surface area contributed by atoms with Gasteiger partial charge in [0.2, 0.25) is 15.9 Å². The van der Waals surface area contributed by atoms with Crippen LogP contribution in [0, 0.1) is 19.8 Å². The van der Waals surface area contributed by atoms with Gasteiger partial charge in [0.25, 0.3) is 0 Å². The number of aryl methyl sites for hydroxylation is 2. The first kappa shape index (κ1) is 18.9. The van der Waals surface area contributed by atoms with E-state index in [1.807, 2.05) is 32.5 Å². The van der Waals surface area contributed by atoms with Crippen LogP contribution in [-0.2, 0) is 21.9 Å².